The van der Waals surface area contributed by atoms with E-state index in [0.29, 0.717) is 0 Å². The van der Waals surface area contributed by atoms with Crippen LogP contribution in [-0.2, 0) is 0 Å². The standard InChI is InChI=1S/C12H15N3O3/c16-12(13-9-5-1-2-6-9)14-10-7-3-4-8-11(10)15(17)18/h3-4,7-9H,1-2,5-6H2,(H2,13,14,16). The molecule has 2 amide bonds. The van der Waals surface area contributed by atoms with E-state index < -0.39 is 4.92 Å². The van der Waals surface area contributed by atoms with Gasteiger partial charge in [0.15, 0.2) is 0 Å². The van der Waals surface area contributed by atoms with E-state index in [9.17, 15) is 14.9 Å². The van der Waals surface area contributed by atoms with Gasteiger partial charge >= 0.3 is 6.03 Å². The number of nitro benzene ring substituents is 1. The molecule has 0 saturated heterocycles. The number of rotatable bonds is 3. The third kappa shape index (κ3) is 2.97. The first-order valence-corrected chi connectivity index (χ1v) is 5.98. The highest BCUT2D eigenvalue weighted by Gasteiger charge is 2.19. The lowest BCUT2D eigenvalue weighted by atomic mass is 10.2. The molecule has 2 N–H and O–H groups in total. The second-order valence-corrected chi connectivity index (χ2v) is 4.35. The number of anilines is 1. The molecule has 0 unspecified atom stereocenters. The first-order chi connectivity index (χ1) is 8.66. The van der Waals surface area contributed by atoms with Gasteiger partial charge in [-0.1, -0.05) is 25.0 Å². The van der Waals surface area contributed by atoms with Crippen molar-refractivity contribution in [3.63, 3.8) is 0 Å². The zero-order chi connectivity index (χ0) is 13.0. The second kappa shape index (κ2) is 5.48. The van der Waals surface area contributed by atoms with Crippen molar-refractivity contribution in [1.82, 2.24) is 5.32 Å². The Labute approximate surface area is 105 Å². The van der Waals surface area contributed by atoms with Gasteiger partial charge in [-0.3, -0.25) is 10.1 Å². The van der Waals surface area contributed by atoms with E-state index in [0.717, 1.165) is 25.7 Å². The molecule has 0 aliphatic heterocycles. The maximum atomic E-state index is 11.7. The minimum atomic E-state index is -0.509. The van der Waals surface area contributed by atoms with Gasteiger partial charge in [0, 0.05) is 12.1 Å². The summed E-state index contributed by atoms with van der Waals surface area (Å²) in [4.78, 5) is 22.0. The van der Waals surface area contributed by atoms with Crippen molar-refractivity contribution in [2.45, 2.75) is 31.7 Å². The Hall–Kier alpha value is -2.11. The number of carbonyl (C=O) groups is 1. The summed E-state index contributed by atoms with van der Waals surface area (Å²) in [5, 5.41) is 16.1. The van der Waals surface area contributed by atoms with Crippen LogP contribution in [0, 0.1) is 10.1 Å². The van der Waals surface area contributed by atoms with Gasteiger partial charge in [0.25, 0.3) is 5.69 Å². The highest BCUT2D eigenvalue weighted by Crippen LogP contribution is 2.23. The van der Waals surface area contributed by atoms with Crippen molar-refractivity contribution in [3.05, 3.63) is 34.4 Å². The summed E-state index contributed by atoms with van der Waals surface area (Å²) in [6.45, 7) is 0. The largest absolute Gasteiger partial charge is 0.335 e. The van der Waals surface area contributed by atoms with E-state index in [1.165, 1.54) is 12.1 Å². The smallest absolute Gasteiger partial charge is 0.319 e. The van der Waals surface area contributed by atoms with Crippen LogP contribution in [0.4, 0.5) is 16.2 Å². The number of benzene rings is 1. The molecule has 96 valence electrons. The molecule has 0 radical (unpaired) electrons. The SMILES string of the molecule is O=C(Nc1ccccc1[N+](=O)[O-])NC1CCCC1. The fraction of sp³-hybridized carbons (Fsp3) is 0.417. The molecule has 6 heteroatoms. The van der Waals surface area contributed by atoms with Gasteiger partial charge in [-0.05, 0) is 18.9 Å². The molecule has 1 aliphatic rings. The minimum Gasteiger partial charge on any atom is -0.335 e. The molecule has 0 atom stereocenters. The van der Waals surface area contributed by atoms with Gasteiger partial charge < -0.3 is 10.6 Å². The van der Waals surface area contributed by atoms with Crippen molar-refractivity contribution in [3.8, 4) is 0 Å². The van der Waals surface area contributed by atoms with Gasteiger partial charge in [0.2, 0.25) is 0 Å². The number of amides is 2. The Balaban J connectivity index is 2.00. The van der Waals surface area contributed by atoms with Crippen molar-refractivity contribution < 1.29 is 9.72 Å². The van der Waals surface area contributed by atoms with Gasteiger partial charge in [-0.25, -0.2) is 4.79 Å². The summed E-state index contributed by atoms with van der Waals surface area (Å²) in [6, 6.07) is 5.91. The van der Waals surface area contributed by atoms with Crippen LogP contribution in [0.2, 0.25) is 0 Å². The Morgan fingerprint density at radius 3 is 2.61 bits per heavy atom. The molecule has 1 saturated carbocycles. The third-order valence-corrected chi connectivity index (χ3v) is 3.04. The van der Waals surface area contributed by atoms with Crippen LogP contribution in [0.15, 0.2) is 24.3 Å². The second-order valence-electron chi connectivity index (χ2n) is 4.35. The maximum absolute atomic E-state index is 11.7. The van der Waals surface area contributed by atoms with E-state index in [-0.39, 0.29) is 23.4 Å². The average Bonchev–Trinajstić information content (AvgIpc) is 2.82. The van der Waals surface area contributed by atoms with E-state index in [2.05, 4.69) is 10.6 Å². The maximum Gasteiger partial charge on any atom is 0.319 e. The third-order valence-electron chi connectivity index (χ3n) is 3.04. The fourth-order valence-corrected chi connectivity index (χ4v) is 2.15. The Bertz CT molecular complexity index is 456. The molecule has 0 aromatic heterocycles. The van der Waals surface area contributed by atoms with Gasteiger partial charge in [-0.15, -0.1) is 0 Å². The molecule has 0 heterocycles. The molecular weight excluding hydrogens is 234 g/mol. The summed E-state index contributed by atoms with van der Waals surface area (Å²) in [5.41, 5.74) is 0.122. The lowest BCUT2D eigenvalue weighted by Crippen LogP contribution is -2.36. The van der Waals surface area contributed by atoms with Crippen LogP contribution in [0.25, 0.3) is 0 Å². The summed E-state index contributed by atoms with van der Waals surface area (Å²) in [5.74, 6) is 0. The van der Waals surface area contributed by atoms with Crippen molar-refractivity contribution in [1.29, 1.82) is 0 Å². The molecule has 1 aromatic rings. The highest BCUT2D eigenvalue weighted by atomic mass is 16.6. The number of hydrogen-bond acceptors (Lipinski definition) is 3. The van der Waals surface area contributed by atoms with Crippen molar-refractivity contribution >= 4 is 17.4 Å². The number of urea groups is 1. The first kappa shape index (κ1) is 12.3. The van der Waals surface area contributed by atoms with Gasteiger partial charge in [0.05, 0.1) is 4.92 Å². The predicted molar refractivity (Wildman–Crippen MR) is 67.5 cm³/mol. The van der Waals surface area contributed by atoms with Crippen LogP contribution < -0.4 is 10.6 Å². The fourth-order valence-electron chi connectivity index (χ4n) is 2.15. The zero-order valence-corrected chi connectivity index (χ0v) is 9.89. The van der Waals surface area contributed by atoms with Crippen molar-refractivity contribution in [2.75, 3.05) is 5.32 Å². The van der Waals surface area contributed by atoms with E-state index in [1.807, 2.05) is 0 Å². The molecule has 1 fully saturated rings. The molecular formula is C12H15N3O3. The summed E-state index contributed by atoms with van der Waals surface area (Å²) in [7, 11) is 0. The van der Waals surface area contributed by atoms with E-state index in [1.54, 1.807) is 12.1 Å². The number of carbonyl (C=O) groups excluding carboxylic acids is 1. The average molecular weight is 249 g/mol. The summed E-state index contributed by atoms with van der Waals surface area (Å²) in [6.07, 6.45) is 4.20. The van der Waals surface area contributed by atoms with Gasteiger partial charge in [-0.2, -0.15) is 0 Å². The van der Waals surface area contributed by atoms with E-state index >= 15 is 0 Å². The molecule has 0 bridgehead atoms. The van der Waals surface area contributed by atoms with Crippen molar-refractivity contribution in [2.24, 2.45) is 0 Å². The summed E-state index contributed by atoms with van der Waals surface area (Å²) < 4.78 is 0. The molecule has 2 rings (SSSR count). The molecule has 1 aliphatic carbocycles. The topological polar surface area (TPSA) is 84.3 Å². The van der Waals surface area contributed by atoms with Crippen LogP contribution in [0.1, 0.15) is 25.7 Å². The van der Waals surface area contributed by atoms with Crippen LogP contribution in [0.3, 0.4) is 0 Å². The number of para-hydroxylation sites is 2. The molecule has 18 heavy (non-hydrogen) atoms. The number of nitro groups is 1. The van der Waals surface area contributed by atoms with Crippen LogP contribution in [-0.4, -0.2) is 17.0 Å². The normalized spacial score (nSPS) is 15.3. The minimum absolute atomic E-state index is 0.0981. The molecule has 1 aromatic carbocycles. The Morgan fingerprint density at radius 2 is 1.94 bits per heavy atom. The predicted octanol–water partition coefficient (Wildman–Crippen LogP) is 2.66. The monoisotopic (exact) mass is 249 g/mol. The Morgan fingerprint density at radius 1 is 1.28 bits per heavy atom. The molecule has 6 nitrogen and oxygen atoms in total. The zero-order valence-electron chi connectivity index (χ0n) is 9.89. The van der Waals surface area contributed by atoms with Crippen LogP contribution >= 0.6 is 0 Å². The highest BCUT2D eigenvalue weighted by molar-refractivity contribution is 5.91. The van der Waals surface area contributed by atoms with Crippen LogP contribution in [0.5, 0.6) is 0 Å². The lowest BCUT2D eigenvalue weighted by Gasteiger charge is -2.12. The quantitative estimate of drug-likeness (QED) is 0.638. The molecule has 0 spiro atoms. The van der Waals surface area contributed by atoms with Gasteiger partial charge in [0.1, 0.15) is 5.69 Å². The first-order valence-electron chi connectivity index (χ1n) is 5.98. The number of hydrogen-bond donors (Lipinski definition) is 2. The number of nitrogens with zero attached hydrogens (tertiary/aromatic N) is 1. The lowest BCUT2D eigenvalue weighted by molar-refractivity contribution is -0.383. The summed E-state index contributed by atoms with van der Waals surface area (Å²) >= 11 is 0. The number of nitrogens with one attached hydrogen (secondary N) is 2. The van der Waals surface area contributed by atoms with E-state index in [4.69, 9.17) is 0 Å². The Kier molecular flexibility index (Phi) is 3.76.